The molecular formula is C24H31NO3. The summed E-state index contributed by atoms with van der Waals surface area (Å²) in [4.78, 5) is 0. The fourth-order valence-electron chi connectivity index (χ4n) is 3.64. The largest absolute Gasteiger partial charge is 0.485 e. The molecule has 1 aliphatic heterocycles. The van der Waals surface area contributed by atoms with Crippen LogP contribution in [0.15, 0.2) is 54.6 Å². The van der Waals surface area contributed by atoms with Crippen LogP contribution in [0.2, 0.25) is 0 Å². The van der Waals surface area contributed by atoms with Gasteiger partial charge < -0.3 is 19.5 Å². The molecule has 2 unspecified atom stereocenters. The molecule has 0 radical (unpaired) electrons. The molecule has 4 heteroatoms. The third-order valence-corrected chi connectivity index (χ3v) is 5.26. The van der Waals surface area contributed by atoms with E-state index in [-0.39, 0.29) is 12.2 Å². The van der Waals surface area contributed by atoms with Crippen molar-refractivity contribution in [1.82, 2.24) is 0 Å². The highest BCUT2D eigenvalue weighted by Crippen LogP contribution is 2.44. The Balaban J connectivity index is 1.83. The minimum atomic E-state index is -0.481. The van der Waals surface area contributed by atoms with Crippen LogP contribution in [-0.2, 0) is 16.0 Å². The molecular weight excluding hydrogens is 350 g/mol. The summed E-state index contributed by atoms with van der Waals surface area (Å²) >= 11 is 0. The lowest BCUT2D eigenvalue weighted by Crippen LogP contribution is -2.50. The van der Waals surface area contributed by atoms with Crippen molar-refractivity contribution in [3.63, 3.8) is 0 Å². The zero-order valence-corrected chi connectivity index (χ0v) is 17.5. The van der Waals surface area contributed by atoms with Gasteiger partial charge in [0.2, 0.25) is 0 Å². The lowest BCUT2D eigenvalue weighted by Gasteiger charge is -2.43. The van der Waals surface area contributed by atoms with Crippen molar-refractivity contribution in [2.24, 2.45) is 0 Å². The smallest absolute Gasteiger partial charge is 0.132 e. The molecule has 1 aliphatic rings. The summed E-state index contributed by atoms with van der Waals surface area (Å²) in [5.41, 5.74) is 4.14. The number of nitrogens with one attached hydrogen (secondary N) is 1. The lowest BCUT2D eigenvalue weighted by atomic mass is 9.88. The molecule has 0 saturated heterocycles. The average Bonchev–Trinajstić information content (AvgIpc) is 2.67. The third-order valence-electron chi connectivity index (χ3n) is 5.26. The van der Waals surface area contributed by atoms with Gasteiger partial charge in [0.15, 0.2) is 0 Å². The molecule has 2 aromatic carbocycles. The van der Waals surface area contributed by atoms with Crippen LogP contribution < -0.4 is 10.1 Å². The highest BCUT2D eigenvalue weighted by atomic mass is 16.6. The predicted octanol–water partition coefficient (Wildman–Crippen LogP) is 5.43. The van der Waals surface area contributed by atoms with Crippen molar-refractivity contribution in [1.29, 1.82) is 0 Å². The van der Waals surface area contributed by atoms with Crippen LogP contribution in [0.1, 0.15) is 43.6 Å². The fourth-order valence-corrected chi connectivity index (χ4v) is 3.64. The van der Waals surface area contributed by atoms with Crippen molar-refractivity contribution >= 4 is 5.69 Å². The highest BCUT2D eigenvalue weighted by molar-refractivity contribution is 5.54. The number of rotatable bonds is 7. The van der Waals surface area contributed by atoms with Crippen LogP contribution in [0, 0.1) is 6.92 Å². The van der Waals surface area contributed by atoms with E-state index in [4.69, 9.17) is 14.2 Å². The molecule has 2 aromatic rings. The maximum atomic E-state index is 6.27. The van der Waals surface area contributed by atoms with E-state index in [0.29, 0.717) is 6.61 Å². The molecule has 2 atom stereocenters. The van der Waals surface area contributed by atoms with Gasteiger partial charge in [0.25, 0.3) is 0 Å². The first-order valence-electron chi connectivity index (χ1n) is 9.83. The van der Waals surface area contributed by atoms with Gasteiger partial charge in [-0.1, -0.05) is 36.4 Å². The van der Waals surface area contributed by atoms with Gasteiger partial charge in [0.1, 0.15) is 23.6 Å². The van der Waals surface area contributed by atoms with Crippen molar-refractivity contribution < 1.29 is 14.2 Å². The molecule has 1 heterocycles. The van der Waals surface area contributed by atoms with Crippen LogP contribution in [-0.4, -0.2) is 25.4 Å². The Bertz CT molecular complexity index is 828. The number of hydrogen-bond donors (Lipinski definition) is 1. The van der Waals surface area contributed by atoms with Crippen molar-refractivity contribution in [3.05, 3.63) is 71.3 Å². The number of fused-ring (bicyclic) bond motifs is 1. The van der Waals surface area contributed by atoms with E-state index in [1.54, 1.807) is 7.11 Å². The monoisotopic (exact) mass is 381 g/mol. The number of anilines is 1. The van der Waals surface area contributed by atoms with E-state index in [9.17, 15) is 0 Å². The molecule has 28 heavy (non-hydrogen) atoms. The first-order chi connectivity index (χ1) is 13.5. The zero-order valence-electron chi connectivity index (χ0n) is 17.5. The molecule has 3 rings (SSSR count). The molecule has 0 saturated carbocycles. The molecule has 0 spiro atoms. The van der Waals surface area contributed by atoms with E-state index in [2.05, 4.69) is 48.6 Å². The quantitative estimate of drug-likeness (QED) is 0.650. The van der Waals surface area contributed by atoms with Gasteiger partial charge in [0.05, 0.1) is 6.61 Å². The summed E-state index contributed by atoms with van der Waals surface area (Å²) in [6, 6.07) is 14.6. The van der Waals surface area contributed by atoms with Crippen molar-refractivity contribution in [2.75, 3.05) is 19.0 Å². The molecule has 0 fully saturated rings. The SMILES string of the molecule is C/C=C/COC1C(OC)c2cc(NCc3ccccc3C)ccc2OC1(C)C. The first kappa shape index (κ1) is 20.4. The average molecular weight is 382 g/mol. The molecule has 0 amide bonds. The number of methoxy groups -OCH3 is 1. The number of benzene rings is 2. The van der Waals surface area contributed by atoms with Crippen LogP contribution >= 0.6 is 0 Å². The molecule has 4 nitrogen and oxygen atoms in total. The summed E-state index contributed by atoms with van der Waals surface area (Å²) in [6.07, 6.45) is 3.59. The Labute approximate surface area is 168 Å². The summed E-state index contributed by atoms with van der Waals surface area (Å²) in [7, 11) is 1.73. The van der Waals surface area contributed by atoms with E-state index in [1.165, 1.54) is 11.1 Å². The van der Waals surface area contributed by atoms with Gasteiger partial charge in [-0.15, -0.1) is 0 Å². The van der Waals surface area contributed by atoms with Gasteiger partial charge in [-0.05, 0) is 57.0 Å². The molecule has 0 bridgehead atoms. The second-order valence-electron chi connectivity index (χ2n) is 7.72. The Morgan fingerprint density at radius 1 is 1.18 bits per heavy atom. The van der Waals surface area contributed by atoms with E-state index in [1.807, 2.05) is 39.0 Å². The molecule has 0 aliphatic carbocycles. The standard InChI is InChI=1S/C24H31NO3/c1-6-7-14-27-23-22(26-5)20-15-19(12-13-21(20)28-24(23,3)4)25-16-18-11-9-8-10-17(18)2/h6-13,15,22-23,25H,14,16H2,1-5H3/b7-6+. The number of allylic oxidation sites excluding steroid dienone is 1. The molecule has 0 aromatic heterocycles. The molecule has 150 valence electrons. The number of hydrogen-bond acceptors (Lipinski definition) is 4. The third kappa shape index (κ3) is 4.40. The Kier molecular flexibility index (Phi) is 6.42. The Hall–Kier alpha value is -2.30. The number of ether oxygens (including phenoxy) is 3. The van der Waals surface area contributed by atoms with Gasteiger partial charge in [-0.2, -0.15) is 0 Å². The topological polar surface area (TPSA) is 39.7 Å². The van der Waals surface area contributed by atoms with Crippen LogP contribution in [0.3, 0.4) is 0 Å². The maximum Gasteiger partial charge on any atom is 0.132 e. The van der Waals surface area contributed by atoms with Gasteiger partial charge >= 0.3 is 0 Å². The van der Waals surface area contributed by atoms with Crippen LogP contribution in [0.5, 0.6) is 5.75 Å². The van der Waals surface area contributed by atoms with Gasteiger partial charge in [0, 0.05) is 24.9 Å². The highest BCUT2D eigenvalue weighted by Gasteiger charge is 2.45. The van der Waals surface area contributed by atoms with Crippen molar-refractivity contribution in [2.45, 2.75) is 52.0 Å². The summed E-state index contributed by atoms with van der Waals surface area (Å²) < 4.78 is 18.3. The van der Waals surface area contributed by atoms with Crippen LogP contribution in [0.25, 0.3) is 0 Å². The van der Waals surface area contributed by atoms with Gasteiger partial charge in [-0.25, -0.2) is 0 Å². The first-order valence-corrected chi connectivity index (χ1v) is 9.83. The maximum absolute atomic E-state index is 6.27. The lowest BCUT2D eigenvalue weighted by molar-refractivity contribution is -0.148. The Morgan fingerprint density at radius 3 is 2.68 bits per heavy atom. The van der Waals surface area contributed by atoms with Crippen LogP contribution in [0.4, 0.5) is 5.69 Å². The summed E-state index contributed by atoms with van der Waals surface area (Å²) in [6.45, 7) is 9.53. The normalized spacial score (nSPS) is 20.6. The molecule has 1 N–H and O–H groups in total. The van der Waals surface area contributed by atoms with E-state index < -0.39 is 5.60 Å². The predicted molar refractivity (Wildman–Crippen MR) is 114 cm³/mol. The van der Waals surface area contributed by atoms with Crippen molar-refractivity contribution in [3.8, 4) is 5.75 Å². The minimum absolute atomic E-state index is 0.191. The fraction of sp³-hybridized carbons (Fsp3) is 0.417. The summed E-state index contributed by atoms with van der Waals surface area (Å²) in [5, 5.41) is 3.52. The van der Waals surface area contributed by atoms with E-state index in [0.717, 1.165) is 23.5 Å². The van der Waals surface area contributed by atoms with E-state index >= 15 is 0 Å². The summed E-state index contributed by atoms with van der Waals surface area (Å²) in [5.74, 6) is 0.851. The zero-order chi connectivity index (χ0) is 20.1. The van der Waals surface area contributed by atoms with Gasteiger partial charge in [-0.3, -0.25) is 0 Å². The second-order valence-corrected chi connectivity index (χ2v) is 7.72. The Morgan fingerprint density at radius 2 is 1.96 bits per heavy atom. The minimum Gasteiger partial charge on any atom is -0.485 e. The number of aryl methyl sites for hydroxylation is 1. The second kappa shape index (κ2) is 8.80.